The molecule has 0 aliphatic carbocycles. The smallest absolute Gasteiger partial charge is 0.417 e. The van der Waals surface area contributed by atoms with Crippen molar-refractivity contribution < 1.29 is 75.0 Å². The van der Waals surface area contributed by atoms with Crippen LogP contribution in [0.2, 0.25) is 0 Å². The zero-order valence-corrected chi connectivity index (χ0v) is 33.9. The van der Waals surface area contributed by atoms with Gasteiger partial charge in [0.05, 0.1) is 108 Å². The Bertz CT molecular complexity index is 1920. The van der Waals surface area contributed by atoms with Crippen LogP contribution in [0.4, 0.5) is 13.2 Å². The predicted molar refractivity (Wildman–Crippen MR) is 204 cm³/mol. The summed E-state index contributed by atoms with van der Waals surface area (Å²) in [6, 6.07) is 8.13. The molecule has 0 saturated carbocycles. The van der Waals surface area contributed by atoms with Crippen LogP contribution in [-0.2, 0) is 49.0 Å². The standard InChI is InChI=1S/C41H49F3N4O13/c1-40(2)26-47(39(53)35(40)61-28-7-6-27(25-45)30(24-28)41(42,43)44)10-11-54-12-13-55-14-15-56-16-17-57-18-19-58-20-21-59-22-23-60-32-5-3-4-29-34(32)38(52)48(37(29)51)31-8-9-33(49)46-36(31)50/h3-7,24,31,35H,8-23,26H2,1-2H3,(H,46,49,50). The van der Waals surface area contributed by atoms with Crippen molar-refractivity contribution in [2.24, 2.45) is 5.41 Å². The molecular formula is C41H49F3N4O13. The minimum atomic E-state index is -4.74. The Balaban J connectivity index is 0.815. The first-order valence-electron chi connectivity index (χ1n) is 19.7. The van der Waals surface area contributed by atoms with Crippen LogP contribution >= 0.6 is 0 Å². The molecule has 0 spiro atoms. The third-order valence-electron chi connectivity index (χ3n) is 9.80. The Morgan fingerprint density at radius 1 is 0.787 bits per heavy atom. The zero-order valence-electron chi connectivity index (χ0n) is 33.9. The number of piperidine rings is 1. The second-order valence-corrected chi connectivity index (χ2v) is 14.7. The van der Waals surface area contributed by atoms with Crippen LogP contribution < -0.4 is 14.8 Å². The summed E-state index contributed by atoms with van der Waals surface area (Å²) >= 11 is 0. The Labute approximate surface area is 350 Å². The number of benzene rings is 2. The van der Waals surface area contributed by atoms with Gasteiger partial charge < -0.3 is 42.8 Å². The van der Waals surface area contributed by atoms with Crippen molar-refractivity contribution in [3.63, 3.8) is 0 Å². The zero-order chi connectivity index (χ0) is 44.0. The molecule has 5 rings (SSSR count). The van der Waals surface area contributed by atoms with Gasteiger partial charge in [-0.3, -0.25) is 34.2 Å². The van der Waals surface area contributed by atoms with Gasteiger partial charge in [0.1, 0.15) is 24.1 Å². The van der Waals surface area contributed by atoms with E-state index < -0.39 is 58.5 Å². The van der Waals surface area contributed by atoms with Crippen LogP contribution in [0, 0.1) is 16.7 Å². The maximum Gasteiger partial charge on any atom is 0.417 e. The summed E-state index contributed by atoms with van der Waals surface area (Å²) in [5.41, 5.74) is -2.12. The molecule has 2 atom stereocenters. The van der Waals surface area contributed by atoms with Gasteiger partial charge in [0.2, 0.25) is 11.8 Å². The lowest BCUT2D eigenvalue weighted by molar-refractivity contribution is -0.138. The average Bonchev–Trinajstić information content (AvgIpc) is 3.60. The number of imide groups is 2. The van der Waals surface area contributed by atoms with Crippen LogP contribution in [0.3, 0.4) is 0 Å². The summed E-state index contributed by atoms with van der Waals surface area (Å²) in [6.07, 6.45) is -5.65. The molecule has 2 aromatic rings. The third kappa shape index (κ3) is 12.7. The van der Waals surface area contributed by atoms with Gasteiger partial charge in [-0.15, -0.1) is 0 Å². The fourth-order valence-electron chi connectivity index (χ4n) is 6.81. The largest absolute Gasteiger partial charge is 0.490 e. The number of nitrogens with zero attached hydrogens (tertiary/aromatic N) is 3. The van der Waals surface area contributed by atoms with Gasteiger partial charge in [-0.05, 0) is 36.8 Å². The lowest BCUT2D eigenvalue weighted by atomic mass is 9.89. The van der Waals surface area contributed by atoms with Crippen molar-refractivity contribution in [2.75, 3.05) is 99.0 Å². The Morgan fingerprint density at radius 2 is 1.36 bits per heavy atom. The van der Waals surface area contributed by atoms with Crippen LogP contribution in [0.25, 0.3) is 0 Å². The number of fused-ring (bicyclic) bond motifs is 1. The highest BCUT2D eigenvalue weighted by molar-refractivity contribution is 6.24. The van der Waals surface area contributed by atoms with E-state index in [2.05, 4.69) is 5.32 Å². The highest BCUT2D eigenvalue weighted by atomic mass is 19.4. The van der Waals surface area contributed by atoms with E-state index >= 15 is 0 Å². The molecule has 17 nitrogen and oxygen atoms in total. The highest BCUT2D eigenvalue weighted by Gasteiger charge is 2.48. The first kappa shape index (κ1) is 46.9. The molecule has 0 radical (unpaired) electrons. The normalized spacial score (nSPS) is 18.7. The van der Waals surface area contributed by atoms with E-state index in [9.17, 15) is 37.1 Å². The lowest BCUT2D eigenvalue weighted by Crippen LogP contribution is -2.54. The number of carbonyl (C=O) groups excluding carboxylic acids is 5. The van der Waals surface area contributed by atoms with Crippen molar-refractivity contribution in [3.05, 3.63) is 58.7 Å². The number of carbonyl (C=O) groups is 5. The highest BCUT2D eigenvalue weighted by Crippen LogP contribution is 2.38. The summed E-state index contributed by atoms with van der Waals surface area (Å²) in [5.74, 6) is -2.69. The van der Waals surface area contributed by atoms with Gasteiger partial charge in [-0.2, -0.15) is 18.4 Å². The number of nitrogens with one attached hydrogen (secondary N) is 1. The second kappa shape index (κ2) is 22.1. The molecule has 0 aromatic heterocycles. The average molecular weight is 863 g/mol. The molecule has 2 fully saturated rings. The number of alkyl halides is 3. The number of nitriles is 1. The number of likely N-dealkylation sites (tertiary alicyclic amines) is 1. The molecular weight excluding hydrogens is 813 g/mol. The molecule has 3 aliphatic rings. The molecule has 0 bridgehead atoms. The van der Waals surface area contributed by atoms with E-state index in [1.165, 1.54) is 18.2 Å². The van der Waals surface area contributed by atoms with Gasteiger partial charge in [-0.1, -0.05) is 19.9 Å². The molecule has 61 heavy (non-hydrogen) atoms. The molecule has 5 amide bonds. The maximum atomic E-state index is 13.4. The second-order valence-electron chi connectivity index (χ2n) is 14.7. The van der Waals surface area contributed by atoms with Crippen LogP contribution in [0.5, 0.6) is 11.5 Å². The van der Waals surface area contributed by atoms with Crippen LogP contribution in [-0.4, -0.2) is 150 Å². The predicted octanol–water partition coefficient (Wildman–Crippen LogP) is 2.77. The SMILES string of the molecule is CC1(C)CN(CCOCCOCCOCCOCCOCCOCCOc2cccc3c2C(=O)N(C2CCC(=O)NC2=O)C3=O)C(=O)C1Oc1ccc(C#N)c(C(F)(F)F)c1. The number of hydrogen-bond acceptors (Lipinski definition) is 14. The Hall–Kier alpha value is -5.17. The van der Waals surface area contributed by atoms with E-state index in [1.54, 1.807) is 30.9 Å². The Morgan fingerprint density at radius 3 is 1.92 bits per heavy atom. The van der Waals surface area contributed by atoms with E-state index in [4.69, 9.17) is 43.2 Å². The monoisotopic (exact) mass is 862 g/mol. The minimum absolute atomic E-state index is 0.0304. The topological polar surface area (TPSA) is 201 Å². The van der Waals surface area contributed by atoms with E-state index in [1.807, 2.05) is 0 Å². The lowest BCUT2D eigenvalue weighted by Gasteiger charge is -2.27. The van der Waals surface area contributed by atoms with Crippen molar-refractivity contribution in [3.8, 4) is 17.6 Å². The maximum absolute atomic E-state index is 13.4. The van der Waals surface area contributed by atoms with Gasteiger partial charge in [0, 0.05) is 24.9 Å². The fourth-order valence-corrected chi connectivity index (χ4v) is 6.81. The quantitative estimate of drug-likeness (QED) is 0.113. The molecule has 1 N–H and O–H groups in total. The van der Waals surface area contributed by atoms with Crippen LogP contribution in [0.1, 0.15) is 58.5 Å². The Kier molecular flexibility index (Phi) is 17.0. The van der Waals surface area contributed by atoms with Gasteiger partial charge in [0.15, 0.2) is 6.10 Å². The third-order valence-corrected chi connectivity index (χ3v) is 9.80. The summed E-state index contributed by atoms with van der Waals surface area (Å²) in [5, 5.41) is 11.2. The number of hydrogen-bond donors (Lipinski definition) is 1. The summed E-state index contributed by atoms with van der Waals surface area (Å²) in [4.78, 5) is 65.4. The number of amides is 5. The number of ether oxygens (including phenoxy) is 8. The summed E-state index contributed by atoms with van der Waals surface area (Å²) in [7, 11) is 0. The van der Waals surface area contributed by atoms with Crippen molar-refractivity contribution >= 4 is 29.5 Å². The molecule has 2 unspecified atom stereocenters. The van der Waals surface area contributed by atoms with Crippen LogP contribution in [0.15, 0.2) is 36.4 Å². The number of halogens is 3. The van der Waals surface area contributed by atoms with Gasteiger partial charge >= 0.3 is 6.18 Å². The van der Waals surface area contributed by atoms with E-state index in [-0.39, 0.29) is 74.3 Å². The van der Waals surface area contributed by atoms with E-state index in [0.29, 0.717) is 66.0 Å². The first-order valence-corrected chi connectivity index (χ1v) is 19.7. The van der Waals surface area contributed by atoms with E-state index in [0.717, 1.165) is 17.0 Å². The molecule has 3 heterocycles. The fraction of sp³-hybridized carbons (Fsp3) is 0.561. The van der Waals surface area contributed by atoms with Crippen molar-refractivity contribution in [1.29, 1.82) is 5.26 Å². The molecule has 20 heteroatoms. The molecule has 332 valence electrons. The first-order chi connectivity index (χ1) is 29.2. The minimum Gasteiger partial charge on any atom is -0.490 e. The van der Waals surface area contributed by atoms with Crippen molar-refractivity contribution in [1.82, 2.24) is 15.1 Å². The summed E-state index contributed by atoms with van der Waals surface area (Å²) in [6.45, 7) is 8.05. The van der Waals surface area contributed by atoms with Gasteiger partial charge in [0.25, 0.3) is 17.7 Å². The molecule has 2 saturated heterocycles. The van der Waals surface area contributed by atoms with Crippen molar-refractivity contribution in [2.45, 2.75) is 45.0 Å². The number of rotatable bonds is 25. The van der Waals surface area contributed by atoms with Gasteiger partial charge in [-0.25, -0.2) is 0 Å². The molecule has 2 aromatic carbocycles. The summed E-state index contributed by atoms with van der Waals surface area (Å²) < 4.78 is 84.7. The molecule has 3 aliphatic heterocycles.